The molecule has 0 unspecified atom stereocenters. The Morgan fingerprint density at radius 3 is 1.80 bits per heavy atom. The van der Waals surface area contributed by atoms with E-state index < -0.39 is 23.6 Å². The van der Waals surface area contributed by atoms with E-state index in [0.29, 0.717) is 22.7 Å². The number of benzene rings is 4. The molecule has 0 spiro atoms. The van der Waals surface area contributed by atoms with Crippen molar-refractivity contribution >= 4 is 67.2 Å². The molecule has 0 amide bonds. The molecule has 9 aromatic rings. The Morgan fingerprint density at radius 1 is 0.732 bits per heavy atom. The molecule has 20 heteroatoms. The first-order valence-corrected chi connectivity index (χ1v) is 22.9. The first kappa shape index (κ1) is 55.2. The number of nitrogens with one attached hydrogen (secondary N) is 1. The minimum atomic E-state index is -1.26. The summed E-state index contributed by atoms with van der Waals surface area (Å²) in [5.41, 5.74) is 6.13. The fourth-order valence-electron chi connectivity index (χ4n) is 7.08. The van der Waals surface area contributed by atoms with Gasteiger partial charge < -0.3 is 34.3 Å². The third kappa shape index (κ3) is 14.2. The number of aromatic amines is 1. The van der Waals surface area contributed by atoms with E-state index in [1.54, 1.807) is 76.0 Å². The molecule has 0 aliphatic heterocycles. The summed E-state index contributed by atoms with van der Waals surface area (Å²) in [7, 11) is 3.30. The van der Waals surface area contributed by atoms with Crippen molar-refractivity contribution in [1.29, 1.82) is 0 Å². The van der Waals surface area contributed by atoms with Crippen LogP contribution in [-0.2, 0) is 36.8 Å². The minimum Gasteiger partial charge on any atom is -0.348 e. The smallest absolute Gasteiger partial charge is 0.0921 e. The van der Waals surface area contributed by atoms with Gasteiger partial charge in [-0.1, -0.05) is 18.2 Å². The molecular weight excluding hydrogens is 1130 g/mol. The van der Waals surface area contributed by atoms with Gasteiger partial charge in [0.05, 0.1) is 49.4 Å². The first-order chi connectivity index (χ1) is 33.8. The molecule has 2 aliphatic rings. The number of rotatable bonds is 7. The molecule has 0 saturated heterocycles. The fourth-order valence-corrected chi connectivity index (χ4v) is 7.55. The average molecular weight is 1180 g/mol. The molecule has 2 fully saturated rings. The fraction of sp³-hybridized carbons (Fsp3) is 0.196. The zero-order valence-corrected chi connectivity index (χ0v) is 42.4. The maximum atomic E-state index is 13.5. The first-order valence-electron chi connectivity index (χ1n) is 21.4. The van der Waals surface area contributed by atoms with E-state index in [9.17, 15) is 23.5 Å². The number of phenolic OH excluding ortho intramolecular Hbond substituents is 1. The Labute approximate surface area is 438 Å². The van der Waals surface area contributed by atoms with Crippen LogP contribution in [0.15, 0.2) is 123 Å². The van der Waals surface area contributed by atoms with E-state index in [4.69, 9.17) is 23.5 Å². The maximum Gasteiger partial charge on any atom is 0.0921 e. The van der Waals surface area contributed by atoms with E-state index in [0.717, 1.165) is 72.3 Å². The topological polar surface area (TPSA) is 216 Å². The van der Waals surface area contributed by atoms with Gasteiger partial charge in [-0.2, -0.15) is 0 Å². The van der Waals surface area contributed by atoms with Crippen molar-refractivity contribution in [3.05, 3.63) is 171 Å². The number of carboxylic acids is 2. The summed E-state index contributed by atoms with van der Waals surface area (Å²) in [6.07, 6.45) is 17.3. The van der Waals surface area contributed by atoms with Crippen molar-refractivity contribution in [2.75, 3.05) is 14.2 Å². The van der Waals surface area contributed by atoms with Gasteiger partial charge in [0.25, 0.3) is 0 Å². The number of para-hydroxylation sites is 1. The number of carboxylic acid groups (broad SMARTS) is 2. The number of nitrogens with zero attached hydrogens (tertiary/aromatic N) is 6. The zero-order chi connectivity index (χ0) is 50.5. The van der Waals surface area contributed by atoms with Crippen LogP contribution in [-0.4, -0.2) is 75.9 Å². The van der Waals surface area contributed by atoms with Crippen LogP contribution in [0, 0.1) is 29.1 Å². The number of halogens is 3. The molecule has 0 atom stereocenters. The summed E-state index contributed by atoms with van der Waals surface area (Å²) in [5, 5.41) is 29.7. The monoisotopic (exact) mass is 1180 g/mol. The van der Waals surface area contributed by atoms with Crippen LogP contribution in [0.2, 0.25) is 0 Å². The van der Waals surface area contributed by atoms with Gasteiger partial charge in [-0.15, -0.1) is 0 Å². The second kappa shape index (κ2) is 26.0. The van der Waals surface area contributed by atoms with Crippen LogP contribution >= 0.6 is 22.6 Å². The van der Waals surface area contributed by atoms with Crippen LogP contribution in [0.25, 0.3) is 38.4 Å². The number of carbonyl (C=O) groups is 2. The summed E-state index contributed by atoms with van der Waals surface area (Å²) in [4.78, 5) is 45.6. The van der Waals surface area contributed by atoms with Gasteiger partial charge in [-0.05, 0) is 134 Å². The number of hydrogen-bond donors (Lipinski definition) is 4. The van der Waals surface area contributed by atoms with Gasteiger partial charge in [0.15, 0.2) is 0 Å². The van der Waals surface area contributed by atoms with Crippen molar-refractivity contribution < 1.29 is 80.0 Å². The van der Waals surface area contributed by atoms with E-state index in [1.807, 2.05) is 77.4 Å². The van der Waals surface area contributed by atoms with Crippen molar-refractivity contribution in [1.82, 2.24) is 34.5 Å². The number of pyridine rings is 3. The second-order valence-electron chi connectivity index (χ2n) is 15.8. The molecular formula is C51H46Cu2F2IN7O8. The van der Waals surface area contributed by atoms with E-state index in [2.05, 4.69) is 45.8 Å². The number of aromatic carboxylic acids is 2. The summed E-state index contributed by atoms with van der Waals surface area (Å²) in [6, 6.07) is 21.9. The number of imidazole rings is 2. The van der Waals surface area contributed by atoms with Crippen molar-refractivity contribution in [2.24, 2.45) is 0 Å². The molecule has 376 valence electrons. The molecule has 2 saturated carbocycles. The number of ether oxygens (including phenoxy) is 2. The van der Waals surface area contributed by atoms with Crippen LogP contribution in [0.5, 0.6) is 17.2 Å². The summed E-state index contributed by atoms with van der Waals surface area (Å²) < 4.78 is 47.4. The molecule has 4 N–H and O–H groups in total. The van der Waals surface area contributed by atoms with Crippen LogP contribution in [0.3, 0.4) is 0 Å². The van der Waals surface area contributed by atoms with Crippen molar-refractivity contribution in [3.63, 3.8) is 0 Å². The predicted molar refractivity (Wildman–Crippen MR) is 263 cm³/mol. The Morgan fingerprint density at radius 2 is 1.28 bits per heavy atom. The number of aromatic nitrogens is 7. The number of hydrogen-bond acceptors (Lipinski definition) is 11. The molecule has 0 bridgehead atoms. The van der Waals surface area contributed by atoms with Gasteiger partial charge in [0, 0.05) is 85.3 Å². The number of phenols is 1. The quantitative estimate of drug-likeness (QED) is 0.0665. The molecule has 11 rings (SSSR count). The van der Waals surface area contributed by atoms with Gasteiger partial charge in [-0.25, -0.2) is 28.3 Å². The van der Waals surface area contributed by atoms with Crippen LogP contribution < -0.4 is 9.47 Å². The van der Waals surface area contributed by atoms with Gasteiger partial charge >= 0.3 is 31.7 Å². The second-order valence-corrected chi connectivity index (χ2v) is 17.0. The van der Waals surface area contributed by atoms with E-state index in [-0.39, 0.29) is 33.9 Å². The number of methoxy groups -OCH3 is 2. The third-order valence-corrected chi connectivity index (χ3v) is 12.2. The standard InChI is InChI=1S/C14H13FN2O2.C14H12N2O2.C9H7NO.C8H6FIO2.C6H8N2.2Cu.O/c1-8-4-11(15)10(14(18)19)5-13(8)17-6-12(16-7-17)9-2-3-9;1-17-11-5-7-15-13-9(11)3-4-10-12(18-2)6-8-16-14(10)13;11-8-5-1-3-7-4-2-6-10-9(7)8;1-4-2-6(9)5(8(11)12)3-7(4)10;1-2-5(1)6-3-7-4-8-6;;;/h4-7,9H,2-3H2,1H3,(H,18,19);3-8H,1-2H3;1-6,11H;2-3H,1H3,(H,11,12);3-5H,1-2H2,(H,7,8);;;. The van der Waals surface area contributed by atoms with Crippen LogP contribution in [0.1, 0.15) is 80.7 Å². The minimum absolute atomic E-state index is 0. The summed E-state index contributed by atoms with van der Waals surface area (Å²) in [6.45, 7) is 3.48. The Kier molecular flexibility index (Phi) is 20.2. The van der Waals surface area contributed by atoms with E-state index in [1.165, 1.54) is 42.8 Å². The molecule has 2 aliphatic carbocycles. The Balaban J connectivity index is 0.000000168. The van der Waals surface area contributed by atoms with Gasteiger partial charge in [0.2, 0.25) is 0 Å². The molecule has 15 nitrogen and oxygen atoms in total. The van der Waals surface area contributed by atoms with Gasteiger partial charge in [0.1, 0.15) is 45.4 Å². The number of fused-ring (bicyclic) bond motifs is 4. The number of H-pyrrole nitrogens is 1. The van der Waals surface area contributed by atoms with Crippen LogP contribution in [0.4, 0.5) is 8.78 Å². The Bertz CT molecular complexity index is 3200. The summed E-state index contributed by atoms with van der Waals surface area (Å²) in [5.74, 6) is -0.706. The summed E-state index contributed by atoms with van der Waals surface area (Å²) >= 11 is 4.91. The van der Waals surface area contributed by atoms with E-state index >= 15 is 0 Å². The predicted octanol–water partition coefficient (Wildman–Crippen LogP) is 11.2. The SMILES string of the molecule is COc1ccnc2c1ccc1c(OC)ccnc12.Cc1cc(F)c(C(=O)O)cc1-n1cnc(C2CC2)c1.Cc1cc(F)c(C(=O)O)cc1I.Oc1cccc2cccnc12.[Cu].[O]=[Cu].c1ncc(C2CC2)[nH]1. The maximum absolute atomic E-state index is 13.5. The largest absolute Gasteiger partial charge is 0.348 e. The molecule has 4 aromatic carbocycles. The number of aryl methyl sites for hydroxylation is 2. The zero-order valence-electron chi connectivity index (χ0n) is 38.3. The van der Waals surface area contributed by atoms with Gasteiger partial charge in [-0.3, -0.25) is 15.0 Å². The molecule has 5 aromatic heterocycles. The molecule has 1 radical (unpaired) electrons. The number of aromatic hydroxyl groups is 1. The Hall–Kier alpha value is -6.70. The van der Waals surface area contributed by atoms with Crippen molar-refractivity contribution in [2.45, 2.75) is 51.4 Å². The normalized spacial score (nSPS) is 12.1. The average Bonchev–Trinajstić information content (AvgIpc) is 4.30. The molecule has 71 heavy (non-hydrogen) atoms. The molecule has 5 heterocycles. The third-order valence-electron chi connectivity index (χ3n) is 11.0. The van der Waals surface area contributed by atoms with Crippen molar-refractivity contribution in [3.8, 4) is 22.9 Å².